The van der Waals surface area contributed by atoms with Crippen LogP contribution >= 0.6 is 15.9 Å². The molecule has 0 spiro atoms. The van der Waals surface area contributed by atoms with Crippen molar-refractivity contribution in [2.24, 2.45) is 11.7 Å². The SMILES string of the molecule is CCC(C)COc1c(C)cc(Br)cc1CC(N)CC. The lowest BCUT2D eigenvalue weighted by Crippen LogP contribution is -2.22. The van der Waals surface area contributed by atoms with Crippen LogP contribution in [0.3, 0.4) is 0 Å². The third kappa shape index (κ3) is 5.15. The van der Waals surface area contributed by atoms with Gasteiger partial charge in [-0.2, -0.15) is 0 Å². The predicted molar refractivity (Wildman–Crippen MR) is 85.8 cm³/mol. The molecule has 0 aliphatic carbocycles. The summed E-state index contributed by atoms with van der Waals surface area (Å²) in [7, 11) is 0. The number of hydrogen-bond acceptors (Lipinski definition) is 2. The van der Waals surface area contributed by atoms with Crippen LogP contribution in [0.1, 0.15) is 44.7 Å². The first-order chi connectivity index (χ1) is 8.97. The molecule has 0 radical (unpaired) electrons. The molecule has 19 heavy (non-hydrogen) atoms. The van der Waals surface area contributed by atoms with E-state index < -0.39 is 0 Å². The lowest BCUT2D eigenvalue weighted by molar-refractivity contribution is 0.252. The Labute approximate surface area is 125 Å². The number of aryl methyl sites for hydroxylation is 1. The zero-order valence-electron chi connectivity index (χ0n) is 12.5. The number of nitrogens with two attached hydrogens (primary N) is 1. The number of ether oxygens (including phenoxy) is 1. The van der Waals surface area contributed by atoms with E-state index in [1.807, 2.05) is 0 Å². The Morgan fingerprint density at radius 1 is 1.26 bits per heavy atom. The minimum Gasteiger partial charge on any atom is -0.493 e. The van der Waals surface area contributed by atoms with E-state index in [-0.39, 0.29) is 6.04 Å². The Balaban J connectivity index is 2.92. The normalized spacial score (nSPS) is 14.2. The highest BCUT2D eigenvalue weighted by Crippen LogP contribution is 2.29. The summed E-state index contributed by atoms with van der Waals surface area (Å²) in [5, 5.41) is 0. The summed E-state index contributed by atoms with van der Waals surface area (Å²) in [5.41, 5.74) is 8.47. The van der Waals surface area contributed by atoms with E-state index in [1.54, 1.807) is 0 Å². The molecule has 1 aromatic rings. The van der Waals surface area contributed by atoms with Crippen molar-refractivity contribution in [1.82, 2.24) is 0 Å². The van der Waals surface area contributed by atoms with Crippen molar-refractivity contribution in [2.45, 2.75) is 53.0 Å². The van der Waals surface area contributed by atoms with Gasteiger partial charge in [0.05, 0.1) is 6.61 Å². The van der Waals surface area contributed by atoms with Crippen LogP contribution in [0.5, 0.6) is 5.75 Å². The zero-order valence-corrected chi connectivity index (χ0v) is 14.1. The van der Waals surface area contributed by atoms with E-state index in [4.69, 9.17) is 10.5 Å². The molecule has 1 aromatic carbocycles. The molecule has 0 saturated carbocycles. The average Bonchev–Trinajstić information content (AvgIpc) is 2.36. The van der Waals surface area contributed by atoms with Gasteiger partial charge in [-0.05, 0) is 48.9 Å². The molecule has 0 amide bonds. The van der Waals surface area contributed by atoms with Gasteiger partial charge in [-0.1, -0.05) is 43.1 Å². The standard InChI is InChI=1S/C16H26BrNO/c1-5-11(3)10-19-16-12(4)7-14(17)8-13(16)9-15(18)6-2/h7-8,11,15H,5-6,9-10,18H2,1-4H3. The summed E-state index contributed by atoms with van der Waals surface area (Å²) in [6.45, 7) is 9.39. The molecule has 0 saturated heterocycles. The fourth-order valence-corrected chi connectivity index (χ4v) is 2.55. The van der Waals surface area contributed by atoms with Crippen molar-refractivity contribution in [2.75, 3.05) is 6.61 Å². The minimum atomic E-state index is 0.194. The highest BCUT2D eigenvalue weighted by atomic mass is 79.9. The van der Waals surface area contributed by atoms with E-state index in [9.17, 15) is 0 Å². The maximum atomic E-state index is 6.09. The number of halogens is 1. The van der Waals surface area contributed by atoms with Crippen LogP contribution in [0.2, 0.25) is 0 Å². The summed E-state index contributed by atoms with van der Waals surface area (Å²) in [6.07, 6.45) is 2.99. The van der Waals surface area contributed by atoms with E-state index >= 15 is 0 Å². The second-order valence-corrected chi connectivity index (χ2v) is 6.32. The van der Waals surface area contributed by atoms with E-state index in [0.29, 0.717) is 5.92 Å². The van der Waals surface area contributed by atoms with E-state index in [0.717, 1.165) is 36.1 Å². The molecule has 0 aliphatic rings. The van der Waals surface area contributed by atoms with Crippen LogP contribution in [0.15, 0.2) is 16.6 Å². The largest absolute Gasteiger partial charge is 0.493 e. The molecule has 0 fully saturated rings. The van der Waals surface area contributed by atoms with Crippen LogP contribution < -0.4 is 10.5 Å². The van der Waals surface area contributed by atoms with Crippen LogP contribution in [0, 0.1) is 12.8 Å². The highest BCUT2D eigenvalue weighted by molar-refractivity contribution is 9.10. The average molecular weight is 328 g/mol. The highest BCUT2D eigenvalue weighted by Gasteiger charge is 2.13. The quantitative estimate of drug-likeness (QED) is 0.802. The fraction of sp³-hybridized carbons (Fsp3) is 0.625. The van der Waals surface area contributed by atoms with Crippen molar-refractivity contribution >= 4 is 15.9 Å². The Hall–Kier alpha value is -0.540. The third-order valence-electron chi connectivity index (χ3n) is 3.53. The lowest BCUT2D eigenvalue weighted by Gasteiger charge is -2.19. The Kier molecular flexibility index (Phi) is 6.87. The Morgan fingerprint density at radius 2 is 1.95 bits per heavy atom. The molecule has 1 rings (SSSR count). The van der Waals surface area contributed by atoms with Crippen LogP contribution in [0.4, 0.5) is 0 Å². The lowest BCUT2D eigenvalue weighted by atomic mass is 10.0. The van der Waals surface area contributed by atoms with Crippen LogP contribution in [-0.4, -0.2) is 12.6 Å². The minimum absolute atomic E-state index is 0.194. The van der Waals surface area contributed by atoms with E-state index in [2.05, 4.69) is 55.8 Å². The molecule has 2 atom stereocenters. The van der Waals surface area contributed by atoms with Gasteiger partial charge < -0.3 is 10.5 Å². The maximum Gasteiger partial charge on any atom is 0.125 e. The second-order valence-electron chi connectivity index (χ2n) is 5.41. The second kappa shape index (κ2) is 7.91. The van der Waals surface area contributed by atoms with Gasteiger partial charge in [-0.15, -0.1) is 0 Å². The van der Waals surface area contributed by atoms with Gasteiger partial charge in [0, 0.05) is 10.5 Å². The third-order valence-corrected chi connectivity index (χ3v) is 3.99. The van der Waals surface area contributed by atoms with Gasteiger partial charge in [-0.25, -0.2) is 0 Å². The topological polar surface area (TPSA) is 35.2 Å². The van der Waals surface area contributed by atoms with Crippen LogP contribution in [-0.2, 0) is 6.42 Å². The van der Waals surface area contributed by atoms with Crippen molar-refractivity contribution in [3.05, 3.63) is 27.7 Å². The number of rotatable bonds is 7. The van der Waals surface area contributed by atoms with Crippen molar-refractivity contribution < 1.29 is 4.74 Å². The molecular formula is C16H26BrNO. The molecule has 0 bridgehead atoms. The predicted octanol–water partition coefficient (Wildman–Crippen LogP) is 4.46. The monoisotopic (exact) mass is 327 g/mol. The zero-order chi connectivity index (χ0) is 14.4. The van der Waals surface area contributed by atoms with Gasteiger partial charge in [-0.3, -0.25) is 0 Å². The molecule has 0 aliphatic heterocycles. The summed E-state index contributed by atoms with van der Waals surface area (Å²) in [4.78, 5) is 0. The fourth-order valence-electron chi connectivity index (χ4n) is 1.93. The molecule has 3 heteroatoms. The first-order valence-electron chi connectivity index (χ1n) is 7.15. The Bertz CT molecular complexity index is 406. The molecule has 2 unspecified atom stereocenters. The molecular weight excluding hydrogens is 302 g/mol. The summed E-state index contributed by atoms with van der Waals surface area (Å²) < 4.78 is 7.14. The van der Waals surface area contributed by atoms with Crippen molar-refractivity contribution in [3.8, 4) is 5.75 Å². The molecule has 0 heterocycles. The van der Waals surface area contributed by atoms with Crippen molar-refractivity contribution in [1.29, 1.82) is 0 Å². The summed E-state index contributed by atoms with van der Waals surface area (Å²) in [5.74, 6) is 1.60. The molecule has 2 nitrogen and oxygen atoms in total. The van der Waals surface area contributed by atoms with Gasteiger partial charge >= 0.3 is 0 Å². The van der Waals surface area contributed by atoms with Gasteiger partial charge in [0.15, 0.2) is 0 Å². The van der Waals surface area contributed by atoms with E-state index in [1.165, 1.54) is 11.1 Å². The smallest absolute Gasteiger partial charge is 0.125 e. The van der Waals surface area contributed by atoms with Gasteiger partial charge in [0.25, 0.3) is 0 Å². The van der Waals surface area contributed by atoms with Gasteiger partial charge in [0.1, 0.15) is 5.75 Å². The molecule has 2 N–H and O–H groups in total. The van der Waals surface area contributed by atoms with Crippen molar-refractivity contribution in [3.63, 3.8) is 0 Å². The first kappa shape index (κ1) is 16.5. The molecule has 108 valence electrons. The number of benzene rings is 1. The number of hydrogen-bond donors (Lipinski definition) is 1. The summed E-state index contributed by atoms with van der Waals surface area (Å²) >= 11 is 3.56. The maximum absolute atomic E-state index is 6.09. The first-order valence-corrected chi connectivity index (χ1v) is 7.94. The molecule has 0 aromatic heterocycles. The Morgan fingerprint density at radius 3 is 2.53 bits per heavy atom. The van der Waals surface area contributed by atoms with Gasteiger partial charge in [0.2, 0.25) is 0 Å². The van der Waals surface area contributed by atoms with Crippen LogP contribution in [0.25, 0.3) is 0 Å². The summed E-state index contributed by atoms with van der Waals surface area (Å²) in [6, 6.07) is 4.43.